The van der Waals surface area contributed by atoms with Crippen molar-refractivity contribution in [2.24, 2.45) is 0 Å². The van der Waals surface area contributed by atoms with Gasteiger partial charge in [-0.25, -0.2) is 0 Å². The Morgan fingerprint density at radius 1 is 1.42 bits per heavy atom. The summed E-state index contributed by atoms with van der Waals surface area (Å²) in [5, 5.41) is 12.6. The molecule has 2 N–H and O–H groups in total. The van der Waals surface area contributed by atoms with Gasteiger partial charge in [0, 0.05) is 17.9 Å². The molecule has 0 aliphatic rings. The van der Waals surface area contributed by atoms with Crippen LogP contribution in [0.15, 0.2) is 0 Å². The van der Waals surface area contributed by atoms with Gasteiger partial charge in [-0.3, -0.25) is 10.1 Å². The quantitative estimate of drug-likeness (QED) is 0.477. The molecule has 0 heterocycles. The minimum Gasteiger partial charge on any atom is -0.468 e. The zero-order valence-electron chi connectivity index (χ0n) is 12.9. The minimum atomic E-state index is -0.607. The van der Waals surface area contributed by atoms with Crippen molar-refractivity contribution >= 4 is 17.7 Å². The molecule has 114 valence electrons. The summed E-state index contributed by atoms with van der Waals surface area (Å²) in [6.45, 7) is 8.31. The molecular weight excluding hydrogens is 262 g/mol. The van der Waals surface area contributed by atoms with Crippen molar-refractivity contribution in [2.75, 3.05) is 19.5 Å². The first kappa shape index (κ1) is 18.7. The first-order valence-electron chi connectivity index (χ1n) is 6.94. The monoisotopic (exact) mass is 291 g/mol. The van der Waals surface area contributed by atoms with Gasteiger partial charge in [0.2, 0.25) is 0 Å². The standard InChI is InChI=1S/C14H29NO3S/c1-11(2)15-14(4,13(17)18-5)8-6-10-19-12(3)7-9-16/h11-12,15-16H,6-10H2,1-5H3. The number of ether oxygens (including phenoxy) is 1. The molecule has 0 aliphatic carbocycles. The predicted octanol–water partition coefficient (Wildman–Crippen LogP) is 2.20. The van der Waals surface area contributed by atoms with Crippen LogP contribution in [-0.4, -0.2) is 47.4 Å². The molecule has 0 amide bonds. The third-order valence-corrected chi connectivity index (χ3v) is 4.33. The van der Waals surface area contributed by atoms with E-state index < -0.39 is 5.54 Å². The number of aliphatic hydroxyl groups is 1. The maximum Gasteiger partial charge on any atom is 0.325 e. The van der Waals surface area contributed by atoms with E-state index in [0.29, 0.717) is 5.25 Å². The van der Waals surface area contributed by atoms with Crippen molar-refractivity contribution in [1.29, 1.82) is 0 Å². The highest BCUT2D eigenvalue weighted by atomic mass is 32.2. The van der Waals surface area contributed by atoms with E-state index in [1.165, 1.54) is 7.11 Å². The van der Waals surface area contributed by atoms with Crippen LogP contribution in [0.4, 0.5) is 0 Å². The van der Waals surface area contributed by atoms with E-state index in [2.05, 4.69) is 12.2 Å². The van der Waals surface area contributed by atoms with Crippen molar-refractivity contribution in [2.45, 2.75) is 63.8 Å². The minimum absolute atomic E-state index is 0.199. The van der Waals surface area contributed by atoms with E-state index in [1.54, 1.807) is 0 Å². The number of nitrogens with one attached hydrogen (secondary N) is 1. The average Bonchev–Trinajstić information content (AvgIpc) is 2.33. The largest absolute Gasteiger partial charge is 0.468 e. The molecule has 0 saturated carbocycles. The first-order valence-corrected chi connectivity index (χ1v) is 7.99. The summed E-state index contributed by atoms with van der Waals surface area (Å²) < 4.78 is 4.89. The fraction of sp³-hybridized carbons (Fsp3) is 0.929. The molecule has 4 nitrogen and oxygen atoms in total. The van der Waals surface area contributed by atoms with Crippen molar-refractivity contribution < 1.29 is 14.6 Å². The van der Waals surface area contributed by atoms with Gasteiger partial charge in [0.05, 0.1) is 7.11 Å². The molecule has 0 bridgehead atoms. The van der Waals surface area contributed by atoms with Gasteiger partial charge in [0.25, 0.3) is 0 Å². The van der Waals surface area contributed by atoms with Gasteiger partial charge in [-0.15, -0.1) is 0 Å². The zero-order chi connectivity index (χ0) is 14.9. The molecule has 2 unspecified atom stereocenters. The summed E-state index contributed by atoms with van der Waals surface area (Å²) in [6.07, 6.45) is 2.53. The third-order valence-electron chi connectivity index (χ3n) is 3.00. The van der Waals surface area contributed by atoms with E-state index >= 15 is 0 Å². The average molecular weight is 291 g/mol. The number of carbonyl (C=O) groups excluding carboxylic acids is 1. The maximum atomic E-state index is 11.9. The lowest BCUT2D eigenvalue weighted by Gasteiger charge is -2.30. The van der Waals surface area contributed by atoms with Gasteiger partial charge in [0.1, 0.15) is 5.54 Å². The summed E-state index contributed by atoms with van der Waals surface area (Å²) in [5.74, 6) is 0.794. The van der Waals surface area contributed by atoms with Gasteiger partial charge in [-0.05, 0) is 45.8 Å². The highest BCUT2D eigenvalue weighted by Gasteiger charge is 2.34. The first-order chi connectivity index (χ1) is 8.85. The molecule has 0 saturated heterocycles. The second-order valence-corrected chi connectivity index (χ2v) is 6.97. The zero-order valence-corrected chi connectivity index (χ0v) is 13.7. The molecule has 0 aromatic rings. The Bertz CT molecular complexity index is 261. The molecule has 0 aromatic carbocycles. The Kier molecular flexibility index (Phi) is 9.48. The number of methoxy groups -OCH3 is 1. The van der Waals surface area contributed by atoms with E-state index in [1.807, 2.05) is 32.5 Å². The number of aliphatic hydroxyl groups excluding tert-OH is 1. The molecule has 5 heteroatoms. The van der Waals surface area contributed by atoms with Crippen molar-refractivity contribution in [3.63, 3.8) is 0 Å². The Labute approximate surface area is 121 Å². The number of esters is 1. The van der Waals surface area contributed by atoms with E-state index in [-0.39, 0.29) is 18.6 Å². The van der Waals surface area contributed by atoms with Crippen molar-refractivity contribution in [3.8, 4) is 0 Å². The van der Waals surface area contributed by atoms with Crippen LogP contribution in [-0.2, 0) is 9.53 Å². The topological polar surface area (TPSA) is 58.6 Å². The van der Waals surface area contributed by atoms with Crippen LogP contribution in [0.3, 0.4) is 0 Å². The summed E-state index contributed by atoms with van der Waals surface area (Å²) in [7, 11) is 1.43. The van der Waals surface area contributed by atoms with Crippen molar-refractivity contribution in [3.05, 3.63) is 0 Å². The molecular formula is C14H29NO3S. The number of rotatable bonds is 10. The SMILES string of the molecule is COC(=O)C(C)(CCCSC(C)CCO)NC(C)C. The van der Waals surface area contributed by atoms with E-state index in [9.17, 15) is 4.79 Å². The van der Waals surface area contributed by atoms with Crippen LogP contribution in [0.2, 0.25) is 0 Å². The van der Waals surface area contributed by atoms with Crippen LogP contribution in [0.5, 0.6) is 0 Å². The maximum absolute atomic E-state index is 11.9. The summed E-state index contributed by atoms with van der Waals surface area (Å²) in [6, 6.07) is 0.241. The number of hydrogen-bond donors (Lipinski definition) is 2. The van der Waals surface area contributed by atoms with Crippen LogP contribution in [0.25, 0.3) is 0 Å². The second kappa shape index (κ2) is 9.61. The molecule has 0 aromatic heterocycles. The fourth-order valence-corrected chi connectivity index (χ4v) is 3.06. The molecule has 2 atom stereocenters. The van der Waals surface area contributed by atoms with E-state index in [0.717, 1.165) is 25.0 Å². The van der Waals surface area contributed by atoms with Gasteiger partial charge in [-0.1, -0.05) is 6.92 Å². The van der Waals surface area contributed by atoms with Gasteiger partial charge in [-0.2, -0.15) is 11.8 Å². The highest BCUT2D eigenvalue weighted by molar-refractivity contribution is 7.99. The molecule has 0 rings (SSSR count). The molecule has 19 heavy (non-hydrogen) atoms. The lowest BCUT2D eigenvalue weighted by molar-refractivity contribution is -0.148. The summed E-state index contributed by atoms with van der Waals surface area (Å²) in [4.78, 5) is 11.9. The molecule has 0 spiro atoms. The normalized spacial score (nSPS) is 16.2. The van der Waals surface area contributed by atoms with Crippen LogP contribution in [0, 0.1) is 0 Å². The number of thioether (sulfide) groups is 1. The van der Waals surface area contributed by atoms with Gasteiger partial charge < -0.3 is 9.84 Å². The Balaban J connectivity index is 4.17. The van der Waals surface area contributed by atoms with Gasteiger partial charge >= 0.3 is 5.97 Å². The lowest BCUT2D eigenvalue weighted by atomic mass is 9.95. The molecule has 0 fully saturated rings. The second-order valence-electron chi connectivity index (χ2n) is 5.42. The summed E-state index contributed by atoms with van der Waals surface area (Å²) in [5.41, 5.74) is -0.607. The van der Waals surface area contributed by atoms with Crippen LogP contribution < -0.4 is 5.32 Å². The smallest absolute Gasteiger partial charge is 0.325 e. The Morgan fingerprint density at radius 3 is 2.53 bits per heavy atom. The van der Waals surface area contributed by atoms with Crippen molar-refractivity contribution in [1.82, 2.24) is 5.32 Å². The number of hydrogen-bond acceptors (Lipinski definition) is 5. The van der Waals surface area contributed by atoms with E-state index in [4.69, 9.17) is 9.84 Å². The fourth-order valence-electron chi connectivity index (χ4n) is 2.07. The molecule has 0 aliphatic heterocycles. The van der Waals surface area contributed by atoms with Crippen LogP contribution >= 0.6 is 11.8 Å². The van der Waals surface area contributed by atoms with Crippen LogP contribution in [0.1, 0.15) is 47.0 Å². The highest BCUT2D eigenvalue weighted by Crippen LogP contribution is 2.20. The Morgan fingerprint density at radius 2 is 2.05 bits per heavy atom. The predicted molar refractivity (Wildman–Crippen MR) is 81.5 cm³/mol. The lowest BCUT2D eigenvalue weighted by Crippen LogP contribution is -2.53. The number of carbonyl (C=O) groups is 1. The third kappa shape index (κ3) is 7.80. The summed E-state index contributed by atoms with van der Waals surface area (Å²) >= 11 is 1.84. The van der Waals surface area contributed by atoms with Gasteiger partial charge in [0.15, 0.2) is 0 Å². The molecule has 0 radical (unpaired) electrons. The Hall–Kier alpha value is -0.260.